The Kier molecular flexibility index (Phi) is 5.92. The Bertz CT molecular complexity index is 346. The van der Waals surface area contributed by atoms with Crippen molar-refractivity contribution in [3.63, 3.8) is 0 Å². The van der Waals surface area contributed by atoms with Crippen LogP contribution in [0.3, 0.4) is 0 Å². The number of fused-ring (bicyclic) bond motifs is 2. The smallest absolute Gasteiger partial charge is 0.225 e. The highest BCUT2D eigenvalue weighted by Crippen LogP contribution is 2.42. The van der Waals surface area contributed by atoms with Crippen molar-refractivity contribution in [1.29, 1.82) is 0 Å². The van der Waals surface area contributed by atoms with Crippen molar-refractivity contribution < 1.29 is 9.53 Å². The standard InChI is InChI=1S/C16H28N2O2.ClH/c1-18(9-11-5-6-20-10-11)16(19)14-7-12-3-2-4-13(8-14)15(12)17;/h11-15H,2-10,17H2,1H3;1H. The highest BCUT2D eigenvalue weighted by Gasteiger charge is 2.41. The zero-order valence-corrected chi connectivity index (χ0v) is 13.8. The van der Waals surface area contributed by atoms with Crippen LogP contribution < -0.4 is 5.73 Å². The van der Waals surface area contributed by atoms with Crippen molar-refractivity contribution in [3.05, 3.63) is 0 Å². The first kappa shape index (κ1) is 17.0. The number of ether oxygens (including phenoxy) is 1. The van der Waals surface area contributed by atoms with E-state index in [2.05, 4.69) is 0 Å². The molecule has 3 atom stereocenters. The van der Waals surface area contributed by atoms with Crippen molar-refractivity contribution in [2.75, 3.05) is 26.8 Å². The molecule has 2 aliphatic carbocycles. The second kappa shape index (κ2) is 7.30. The third-order valence-electron chi connectivity index (χ3n) is 5.69. The minimum Gasteiger partial charge on any atom is -0.381 e. The average molecular weight is 317 g/mol. The lowest BCUT2D eigenvalue weighted by atomic mass is 9.65. The molecule has 2 bridgehead atoms. The monoisotopic (exact) mass is 316 g/mol. The van der Waals surface area contributed by atoms with Gasteiger partial charge >= 0.3 is 0 Å². The number of nitrogens with two attached hydrogens (primary N) is 1. The summed E-state index contributed by atoms with van der Waals surface area (Å²) in [5.41, 5.74) is 6.31. The van der Waals surface area contributed by atoms with Crippen LogP contribution in [0.1, 0.15) is 38.5 Å². The van der Waals surface area contributed by atoms with Gasteiger partial charge in [-0.25, -0.2) is 0 Å². The molecule has 5 heteroatoms. The van der Waals surface area contributed by atoms with Gasteiger partial charge in [0.05, 0.1) is 6.61 Å². The topological polar surface area (TPSA) is 55.6 Å². The predicted octanol–water partition coefficient (Wildman–Crippen LogP) is 2.06. The highest BCUT2D eigenvalue weighted by molar-refractivity contribution is 5.85. The first-order valence-corrected chi connectivity index (χ1v) is 8.23. The second-order valence-corrected chi connectivity index (χ2v) is 7.15. The number of carbonyl (C=O) groups is 1. The Balaban J connectivity index is 0.00000161. The molecule has 0 aromatic rings. The number of rotatable bonds is 3. The fourth-order valence-electron chi connectivity index (χ4n) is 4.51. The van der Waals surface area contributed by atoms with Crippen LogP contribution in [-0.4, -0.2) is 43.7 Å². The van der Waals surface area contributed by atoms with Crippen LogP contribution in [0.25, 0.3) is 0 Å². The van der Waals surface area contributed by atoms with E-state index in [0.717, 1.165) is 39.0 Å². The van der Waals surface area contributed by atoms with E-state index in [1.807, 2.05) is 11.9 Å². The summed E-state index contributed by atoms with van der Waals surface area (Å²) in [7, 11) is 1.96. The molecule has 122 valence electrons. The van der Waals surface area contributed by atoms with Crippen LogP contribution in [0.4, 0.5) is 0 Å². The summed E-state index contributed by atoms with van der Waals surface area (Å²) in [6, 6.07) is 0.348. The molecule has 21 heavy (non-hydrogen) atoms. The highest BCUT2D eigenvalue weighted by atomic mass is 35.5. The second-order valence-electron chi connectivity index (χ2n) is 7.15. The van der Waals surface area contributed by atoms with Crippen molar-refractivity contribution in [1.82, 2.24) is 4.90 Å². The Morgan fingerprint density at radius 2 is 1.90 bits per heavy atom. The maximum atomic E-state index is 12.7. The maximum absolute atomic E-state index is 12.7. The fourth-order valence-corrected chi connectivity index (χ4v) is 4.51. The Labute approximate surface area is 134 Å². The molecule has 0 radical (unpaired) electrons. The molecule has 0 spiro atoms. The molecule has 3 fully saturated rings. The van der Waals surface area contributed by atoms with Gasteiger partial charge in [0.1, 0.15) is 0 Å². The van der Waals surface area contributed by atoms with Crippen molar-refractivity contribution >= 4 is 18.3 Å². The lowest BCUT2D eigenvalue weighted by Crippen LogP contribution is -2.49. The van der Waals surface area contributed by atoms with Gasteiger partial charge < -0.3 is 15.4 Å². The quantitative estimate of drug-likeness (QED) is 0.867. The zero-order valence-electron chi connectivity index (χ0n) is 13.0. The fraction of sp³-hybridized carbons (Fsp3) is 0.938. The van der Waals surface area contributed by atoms with Gasteiger partial charge in [-0.2, -0.15) is 0 Å². The molecule has 0 aromatic carbocycles. The van der Waals surface area contributed by atoms with Gasteiger partial charge in [-0.3, -0.25) is 4.79 Å². The van der Waals surface area contributed by atoms with E-state index < -0.39 is 0 Å². The van der Waals surface area contributed by atoms with Crippen molar-refractivity contribution in [3.8, 4) is 0 Å². The summed E-state index contributed by atoms with van der Waals surface area (Å²) >= 11 is 0. The van der Waals surface area contributed by atoms with Crippen LogP contribution in [0.5, 0.6) is 0 Å². The molecule has 3 rings (SSSR count). The normalized spacial score (nSPS) is 38.7. The molecule has 1 saturated heterocycles. The van der Waals surface area contributed by atoms with Crippen LogP contribution in [0, 0.1) is 23.7 Å². The van der Waals surface area contributed by atoms with E-state index in [1.165, 1.54) is 19.3 Å². The van der Waals surface area contributed by atoms with Gasteiger partial charge in [0.25, 0.3) is 0 Å². The van der Waals surface area contributed by atoms with Crippen LogP contribution in [-0.2, 0) is 9.53 Å². The molecule has 2 N–H and O–H groups in total. The Hall–Kier alpha value is -0.320. The number of nitrogens with zero attached hydrogens (tertiary/aromatic N) is 1. The van der Waals surface area contributed by atoms with Crippen molar-refractivity contribution in [2.45, 2.75) is 44.6 Å². The molecular formula is C16H29ClN2O2. The summed E-state index contributed by atoms with van der Waals surface area (Å²) in [5, 5.41) is 0. The Morgan fingerprint density at radius 1 is 1.24 bits per heavy atom. The number of carbonyl (C=O) groups excluding carboxylic acids is 1. The lowest BCUT2D eigenvalue weighted by Gasteiger charge is -2.44. The molecule has 2 saturated carbocycles. The largest absolute Gasteiger partial charge is 0.381 e. The minimum atomic E-state index is 0. The van der Waals surface area contributed by atoms with Gasteiger partial charge in [-0.1, -0.05) is 6.42 Å². The molecule has 3 aliphatic rings. The first-order valence-electron chi connectivity index (χ1n) is 8.23. The number of hydrogen-bond acceptors (Lipinski definition) is 3. The molecule has 4 nitrogen and oxygen atoms in total. The van der Waals surface area contributed by atoms with Gasteiger partial charge in [0.15, 0.2) is 0 Å². The maximum Gasteiger partial charge on any atom is 0.225 e. The van der Waals surface area contributed by atoms with Gasteiger partial charge in [0.2, 0.25) is 5.91 Å². The summed E-state index contributed by atoms with van der Waals surface area (Å²) < 4.78 is 5.40. The van der Waals surface area contributed by atoms with E-state index in [9.17, 15) is 4.79 Å². The molecule has 1 amide bonds. The van der Waals surface area contributed by atoms with E-state index in [4.69, 9.17) is 10.5 Å². The molecule has 1 heterocycles. The summed E-state index contributed by atoms with van der Waals surface area (Å²) in [4.78, 5) is 14.6. The van der Waals surface area contributed by atoms with Gasteiger partial charge in [-0.05, 0) is 43.9 Å². The van der Waals surface area contributed by atoms with Crippen molar-refractivity contribution in [2.24, 2.45) is 29.4 Å². The summed E-state index contributed by atoms with van der Waals surface area (Å²) in [6.07, 6.45) is 6.88. The van der Waals surface area contributed by atoms with Gasteiger partial charge in [-0.15, -0.1) is 12.4 Å². The lowest BCUT2D eigenvalue weighted by molar-refractivity contribution is -0.137. The SMILES string of the molecule is CN(CC1CCOC1)C(=O)C1CC2CCCC(C1)C2N.Cl. The molecule has 0 aromatic heterocycles. The first-order chi connectivity index (χ1) is 9.65. The minimum absolute atomic E-state index is 0. The Morgan fingerprint density at radius 3 is 2.48 bits per heavy atom. The van der Waals surface area contributed by atoms with Gasteiger partial charge in [0, 0.05) is 38.1 Å². The predicted molar refractivity (Wildman–Crippen MR) is 85.3 cm³/mol. The van der Waals surface area contributed by atoms with Crippen LogP contribution >= 0.6 is 12.4 Å². The van der Waals surface area contributed by atoms with E-state index >= 15 is 0 Å². The third-order valence-corrected chi connectivity index (χ3v) is 5.69. The third kappa shape index (κ3) is 3.72. The van der Waals surface area contributed by atoms with Crippen LogP contribution in [0.2, 0.25) is 0 Å². The number of halogens is 1. The molecule has 1 aliphatic heterocycles. The average Bonchev–Trinajstić information content (AvgIpc) is 2.90. The summed E-state index contributed by atoms with van der Waals surface area (Å²) in [6.45, 7) is 2.53. The van der Waals surface area contributed by atoms with Crippen LogP contribution in [0.15, 0.2) is 0 Å². The molecular weight excluding hydrogens is 288 g/mol. The summed E-state index contributed by atoms with van der Waals surface area (Å²) in [5.74, 6) is 2.27. The zero-order chi connectivity index (χ0) is 14.1. The van der Waals surface area contributed by atoms with E-state index in [0.29, 0.717) is 29.7 Å². The van der Waals surface area contributed by atoms with E-state index in [-0.39, 0.29) is 18.3 Å². The number of hydrogen-bond donors (Lipinski definition) is 1. The van der Waals surface area contributed by atoms with E-state index in [1.54, 1.807) is 0 Å². The molecule has 3 unspecified atom stereocenters. The number of amides is 1.